The molecule has 2 N–H and O–H groups in total. The molecule has 5 heteroatoms. The Morgan fingerprint density at radius 1 is 1.32 bits per heavy atom. The molecule has 0 bridgehead atoms. The van der Waals surface area contributed by atoms with E-state index < -0.39 is 0 Å². The Labute approximate surface area is 109 Å². The van der Waals surface area contributed by atoms with E-state index in [1.54, 1.807) is 18.5 Å². The number of nitrogen functional groups attached to an aromatic ring is 1. The Bertz CT molecular complexity index is 721. The molecule has 3 rings (SSSR count). The molecule has 2 aromatic heterocycles. The zero-order valence-corrected chi connectivity index (χ0v) is 10.4. The van der Waals surface area contributed by atoms with Crippen molar-refractivity contribution >= 4 is 17.0 Å². The summed E-state index contributed by atoms with van der Waals surface area (Å²) in [6.07, 6.45) is 3.49. The van der Waals surface area contributed by atoms with Crippen molar-refractivity contribution in [3.8, 4) is 0 Å². The summed E-state index contributed by atoms with van der Waals surface area (Å²) in [7, 11) is 0. The monoisotopic (exact) mass is 256 g/mol. The lowest BCUT2D eigenvalue weighted by Crippen LogP contribution is -2.10. The molecule has 0 saturated heterocycles. The summed E-state index contributed by atoms with van der Waals surface area (Å²) in [5, 5.41) is 0. The van der Waals surface area contributed by atoms with E-state index in [1.165, 1.54) is 12.1 Å². The first kappa shape index (κ1) is 11.6. The van der Waals surface area contributed by atoms with E-state index in [0.717, 1.165) is 5.56 Å². The molecule has 0 fully saturated rings. The van der Waals surface area contributed by atoms with Crippen molar-refractivity contribution in [2.75, 3.05) is 5.73 Å². The highest BCUT2D eigenvalue weighted by Gasteiger charge is 2.16. The van der Waals surface area contributed by atoms with E-state index in [1.807, 2.05) is 23.6 Å². The molecule has 1 aromatic carbocycles. The van der Waals surface area contributed by atoms with Gasteiger partial charge in [-0.1, -0.05) is 6.07 Å². The van der Waals surface area contributed by atoms with Gasteiger partial charge in [-0.25, -0.2) is 9.37 Å². The second-order valence-electron chi connectivity index (χ2n) is 4.44. The van der Waals surface area contributed by atoms with Crippen LogP contribution in [-0.2, 0) is 0 Å². The Morgan fingerprint density at radius 2 is 2.16 bits per heavy atom. The lowest BCUT2D eigenvalue weighted by molar-refractivity contribution is 0.624. The van der Waals surface area contributed by atoms with Gasteiger partial charge in [-0.15, -0.1) is 0 Å². The molecule has 0 aliphatic carbocycles. The summed E-state index contributed by atoms with van der Waals surface area (Å²) in [5.74, 6) is 0.0731. The topological polar surface area (TPSA) is 56.7 Å². The summed E-state index contributed by atoms with van der Waals surface area (Å²) in [6.45, 7) is 1.99. The fourth-order valence-electron chi connectivity index (χ4n) is 2.26. The number of hydrogen-bond acceptors (Lipinski definition) is 3. The predicted octanol–water partition coefficient (Wildman–Crippen LogP) is 2.76. The molecule has 1 unspecified atom stereocenters. The average Bonchev–Trinajstić information content (AvgIpc) is 2.74. The summed E-state index contributed by atoms with van der Waals surface area (Å²) in [6, 6.07) is 8.23. The number of rotatable bonds is 2. The van der Waals surface area contributed by atoms with Crippen LogP contribution >= 0.6 is 0 Å². The van der Waals surface area contributed by atoms with Crippen LogP contribution in [-0.4, -0.2) is 14.5 Å². The maximum absolute atomic E-state index is 13.4. The number of aromatic nitrogens is 3. The zero-order chi connectivity index (χ0) is 13.4. The lowest BCUT2D eigenvalue weighted by Gasteiger charge is -2.16. The molecule has 0 aliphatic rings. The van der Waals surface area contributed by atoms with E-state index >= 15 is 0 Å². The predicted molar refractivity (Wildman–Crippen MR) is 72.2 cm³/mol. The smallest absolute Gasteiger partial charge is 0.201 e. The van der Waals surface area contributed by atoms with Crippen LogP contribution in [0.25, 0.3) is 11.0 Å². The SMILES string of the molecule is CC(c1cccnc1)n1c(N)nc2ccc(F)cc21. The molecular formula is C14H13FN4. The second kappa shape index (κ2) is 4.35. The first-order chi connectivity index (χ1) is 9.16. The number of halogens is 1. The van der Waals surface area contributed by atoms with Crippen LogP contribution in [0.1, 0.15) is 18.5 Å². The quantitative estimate of drug-likeness (QED) is 0.767. The Kier molecular flexibility index (Phi) is 2.67. The minimum absolute atomic E-state index is 0.0551. The number of imidazole rings is 1. The van der Waals surface area contributed by atoms with Gasteiger partial charge in [-0.05, 0) is 36.8 Å². The van der Waals surface area contributed by atoms with Crippen LogP contribution < -0.4 is 5.73 Å². The highest BCUT2D eigenvalue weighted by Crippen LogP contribution is 2.27. The normalized spacial score (nSPS) is 12.7. The fraction of sp³-hybridized carbons (Fsp3) is 0.143. The van der Waals surface area contributed by atoms with Gasteiger partial charge in [-0.3, -0.25) is 4.98 Å². The number of anilines is 1. The van der Waals surface area contributed by atoms with Crippen LogP contribution in [0, 0.1) is 5.82 Å². The molecule has 0 saturated carbocycles. The summed E-state index contributed by atoms with van der Waals surface area (Å²) in [5.41, 5.74) is 8.33. The number of pyridine rings is 1. The summed E-state index contributed by atoms with van der Waals surface area (Å²) in [4.78, 5) is 8.35. The van der Waals surface area contributed by atoms with E-state index in [4.69, 9.17) is 5.73 Å². The van der Waals surface area contributed by atoms with E-state index in [-0.39, 0.29) is 11.9 Å². The average molecular weight is 256 g/mol. The van der Waals surface area contributed by atoms with Gasteiger partial charge in [0.2, 0.25) is 5.95 Å². The standard InChI is InChI=1S/C14H13FN4/c1-9(10-3-2-6-17-8-10)19-13-7-11(15)4-5-12(13)18-14(19)16/h2-9H,1H3,(H2,16,18). The van der Waals surface area contributed by atoms with E-state index in [0.29, 0.717) is 17.0 Å². The molecule has 4 nitrogen and oxygen atoms in total. The maximum Gasteiger partial charge on any atom is 0.201 e. The van der Waals surface area contributed by atoms with Crippen LogP contribution in [0.2, 0.25) is 0 Å². The highest BCUT2D eigenvalue weighted by molar-refractivity contribution is 5.78. The first-order valence-electron chi connectivity index (χ1n) is 5.99. The number of nitrogens with zero attached hydrogens (tertiary/aromatic N) is 3. The highest BCUT2D eigenvalue weighted by atomic mass is 19.1. The minimum Gasteiger partial charge on any atom is -0.369 e. The van der Waals surface area contributed by atoms with Gasteiger partial charge < -0.3 is 10.3 Å². The Morgan fingerprint density at radius 3 is 2.89 bits per heavy atom. The van der Waals surface area contributed by atoms with Crippen molar-refractivity contribution < 1.29 is 4.39 Å². The second-order valence-corrected chi connectivity index (χ2v) is 4.44. The van der Waals surface area contributed by atoms with Crippen LogP contribution in [0.15, 0.2) is 42.7 Å². The van der Waals surface area contributed by atoms with Crippen molar-refractivity contribution in [1.29, 1.82) is 0 Å². The van der Waals surface area contributed by atoms with E-state index in [2.05, 4.69) is 9.97 Å². The van der Waals surface area contributed by atoms with Gasteiger partial charge in [0.25, 0.3) is 0 Å². The Balaban J connectivity index is 2.19. The summed E-state index contributed by atoms with van der Waals surface area (Å²) < 4.78 is 15.2. The van der Waals surface area contributed by atoms with Gasteiger partial charge in [-0.2, -0.15) is 0 Å². The number of fused-ring (bicyclic) bond motifs is 1. The van der Waals surface area contributed by atoms with Gasteiger partial charge >= 0.3 is 0 Å². The van der Waals surface area contributed by atoms with Crippen LogP contribution in [0.5, 0.6) is 0 Å². The number of nitrogens with two attached hydrogens (primary N) is 1. The fourth-order valence-corrected chi connectivity index (χ4v) is 2.26. The molecule has 1 atom stereocenters. The number of hydrogen-bond donors (Lipinski definition) is 1. The third-order valence-electron chi connectivity index (χ3n) is 3.23. The molecule has 0 radical (unpaired) electrons. The molecular weight excluding hydrogens is 243 g/mol. The van der Waals surface area contributed by atoms with Gasteiger partial charge in [0.15, 0.2) is 0 Å². The van der Waals surface area contributed by atoms with Crippen molar-refractivity contribution in [2.45, 2.75) is 13.0 Å². The van der Waals surface area contributed by atoms with Gasteiger partial charge in [0.1, 0.15) is 5.82 Å². The summed E-state index contributed by atoms with van der Waals surface area (Å²) >= 11 is 0. The third kappa shape index (κ3) is 1.93. The molecule has 0 spiro atoms. The lowest BCUT2D eigenvalue weighted by atomic mass is 10.1. The van der Waals surface area contributed by atoms with Gasteiger partial charge in [0, 0.05) is 12.4 Å². The van der Waals surface area contributed by atoms with Crippen molar-refractivity contribution in [1.82, 2.24) is 14.5 Å². The van der Waals surface area contributed by atoms with Crippen molar-refractivity contribution in [3.63, 3.8) is 0 Å². The number of benzene rings is 1. The van der Waals surface area contributed by atoms with E-state index in [9.17, 15) is 4.39 Å². The third-order valence-corrected chi connectivity index (χ3v) is 3.23. The van der Waals surface area contributed by atoms with Crippen molar-refractivity contribution in [3.05, 3.63) is 54.1 Å². The Hall–Kier alpha value is -2.43. The molecule has 0 amide bonds. The maximum atomic E-state index is 13.4. The first-order valence-corrected chi connectivity index (χ1v) is 5.99. The largest absolute Gasteiger partial charge is 0.369 e. The molecule has 96 valence electrons. The zero-order valence-electron chi connectivity index (χ0n) is 10.4. The van der Waals surface area contributed by atoms with Crippen LogP contribution in [0.3, 0.4) is 0 Å². The minimum atomic E-state index is -0.299. The molecule has 3 aromatic rings. The molecule has 19 heavy (non-hydrogen) atoms. The molecule has 2 heterocycles. The van der Waals surface area contributed by atoms with Crippen molar-refractivity contribution in [2.24, 2.45) is 0 Å². The molecule has 0 aliphatic heterocycles. The van der Waals surface area contributed by atoms with Crippen LogP contribution in [0.4, 0.5) is 10.3 Å². The van der Waals surface area contributed by atoms with Gasteiger partial charge in [0.05, 0.1) is 17.1 Å².